The quantitative estimate of drug-likeness (QED) is 0.195. The lowest BCUT2D eigenvalue weighted by Gasteiger charge is -2.26. The number of carbonyl (C=O) groups is 3. The van der Waals surface area contributed by atoms with E-state index in [0.717, 1.165) is 16.0 Å². The molecule has 4 aromatic rings. The first kappa shape index (κ1) is 25.9. The van der Waals surface area contributed by atoms with Gasteiger partial charge in [-0.05, 0) is 75.1 Å². The van der Waals surface area contributed by atoms with Crippen molar-refractivity contribution in [3.8, 4) is 11.5 Å². The van der Waals surface area contributed by atoms with Gasteiger partial charge < -0.3 is 9.47 Å². The predicted molar refractivity (Wildman–Crippen MR) is 151 cm³/mol. The van der Waals surface area contributed by atoms with Crippen LogP contribution in [-0.2, 0) is 22.8 Å². The van der Waals surface area contributed by atoms with Crippen LogP contribution in [0, 0.1) is 0 Å². The van der Waals surface area contributed by atoms with Crippen molar-refractivity contribution in [2.75, 3.05) is 4.90 Å². The third kappa shape index (κ3) is 6.25. The molecule has 1 heterocycles. The summed E-state index contributed by atoms with van der Waals surface area (Å²) in [5.41, 5.74) is 2.78. The summed E-state index contributed by atoms with van der Waals surface area (Å²) < 4.78 is 12.3. The van der Waals surface area contributed by atoms with E-state index in [1.165, 1.54) is 6.08 Å². The van der Waals surface area contributed by atoms with Crippen LogP contribution in [0.25, 0.3) is 6.08 Å². The number of hydrogen-bond acceptors (Lipinski definition) is 5. The number of ether oxygens (including phenoxy) is 2. The van der Waals surface area contributed by atoms with Gasteiger partial charge in [0.1, 0.15) is 30.3 Å². The van der Waals surface area contributed by atoms with Gasteiger partial charge in [0.2, 0.25) is 0 Å². The molecule has 1 aliphatic rings. The topological polar surface area (TPSA) is 84.9 Å². The monoisotopic (exact) mass is 582 g/mol. The molecule has 1 N–H and O–H groups in total. The van der Waals surface area contributed by atoms with Crippen LogP contribution >= 0.6 is 15.9 Å². The van der Waals surface area contributed by atoms with Gasteiger partial charge in [-0.25, -0.2) is 9.69 Å². The van der Waals surface area contributed by atoms with Gasteiger partial charge in [0.05, 0.1) is 10.2 Å². The fourth-order valence-corrected chi connectivity index (χ4v) is 4.46. The standard InChI is InChI=1S/C31H23BrN2O5/c32-27-18-23(11-16-28(27)39-20-22-9-5-2-6-10-22)17-26-29(35)33-31(37)34(30(26)36)24-12-14-25(15-13-24)38-19-21-7-3-1-4-8-21/h1-18H,19-20H2,(H,33,35,37)/b26-17+. The number of hydrogen-bond donors (Lipinski definition) is 1. The third-order valence-corrected chi connectivity index (χ3v) is 6.57. The molecule has 1 saturated heterocycles. The number of rotatable bonds is 8. The third-order valence-electron chi connectivity index (χ3n) is 5.95. The number of benzene rings is 4. The highest BCUT2D eigenvalue weighted by Crippen LogP contribution is 2.29. The van der Waals surface area contributed by atoms with E-state index in [-0.39, 0.29) is 5.57 Å². The Bertz CT molecular complexity index is 1540. The molecule has 0 aliphatic carbocycles. The Morgan fingerprint density at radius 3 is 1.97 bits per heavy atom. The zero-order valence-corrected chi connectivity index (χ0v) is 22.3. The minimum atomic E-state index is -0.814. The van der Waals surface area contributed by atoms with E-state index in [1.807, 2.05) is 60.7 Å². The Hall–Kier alpha value is -4.69. The van der Waals surface area contributed by atoms with Crippen LogP contribution < -0.4 is 19.7 Å². The summed E-state index contributed by atoms with van der Waals surface area (Å²) >= 11 is 3.49. The first-order chi connectivity index (χ1) is 19.0. The van der Waals surface area contributed by atoms with Gasteiger partial charge in [0, 0.05) is 0 Å². The molecule has 4 aromatic carbocycles. The molecule has 8 heteroatoms. The summed E-state index contributed by atoms with van der Waals surface area (Å²) in [4.78, 5) is 39.4. The maximum absolute atomic E-state index is 13.3. The Kier molecular flexibility index (Phi) is 7.84. The van der Waals surface area contributed by atoms with Crippen molar-refractivity contribution in [3.05, 3.63) is 130 Å². The van der Waals surface area contributed by atoms with E-state index in [4.69, 9.17) is 9.47 Å². The molecule has 0 bridgehead atoms. The molecular formula is C31H23BrN2O5. The first-order valence-electron chi connectivity index (χ1n) is 12.1. The van der Waals surface area contributed by atoms with E-state index >= 15 is 0 Å². The van der Waals surface area contributed by atoms with Crippen LogP contribution in [0.5, 0.6) is 11.5 Å². The largest absolute Gasteiger partial charge is 0.489 e. The SMILES string of the molecule is O=C1NC(=O)N(c2ccc(OCc3ccccc3)cc2)C(=O)/C1=C/c1ccc(OCc2ccccc2)c(Br)c1. The fraction of sp³-hybridized carbons (Fsp3) is 0.0645. The number of imide groups is 2. The van der Waals surface area contributed by atoms with Crippen LogP contribution in [0.3, 0.4) is 0 Å². The van der Waals surface area contributed by atoms with Gasteiger partial charge in [0.25, 0.3) is 11.8 Å². The number of anilines is 1. The van der Waals surface area contributed by atoms with Crippen LogP contribution in [-0.4, -0.2) is 17.8 Å². The van der Waals surface area contributed by atoms with Gasteiger partial charge in [0.15, 0.2) is 0 Å². The Morgan fingerprint density at radius 2 is 1.36 bits per heavy atom. The molecule has 0 aromatic heterocycles. The lowest BCUT2D eigenvalue weighted by atomic mass is 10.1. The number of halogens is 1. The van der Waals surface area contributed by atoms with Crippen molar-refractivity contribution >= 4 is 45.5 Å². The van der Waals surface area contributed by atoms with Crippen molar-refractivity contribution < 1.29 is 23.9 Å². The van der Waals surface area contributed by atoms with Crippen molar-refractivity contribution in [2.45, 2.75) is 13.2 Å². The van der Waals surface area contributed by atoms with Crippen LogP contribution in [0.1, 0.15) is 16.7 Å². The van der Waals surface area contributed by atoms with Crippen LogP contribution in [0.2, 0.25) is 0 Å². The summed E-state index contributed by atoms with van der Waals surface area (Å²) in [6.07, 6.45) is 1.44. The molecular weight excluding hydrogens is 560 g/mol. The molecule has 194 valence electrons. The number of barbiturate groups is 1. The van der Waals surface area contributed by atoms with Crippen molar-refractivity contribution in [1.82, 2.24) is 5.32 Å². The molecule has 0 atom stereocenters. The zero-order valence-electron chi connectivity index (χ0n) is 20.7. The van der Waals surface area contributed by atoms with E-state index in [1.54, 1.807) is 42.5 Å². The number of amides is 4. The Balaban J connectivity index is 1.30. The van der Waals surface area contributed by atoms with Gasteiger partial charge >= 0.3 is 6.03 Å². The van der Waals surface area contributed by atoms with Crippen LogP contribution in [0.4, 0.5) is 10.5 Å². The fourth-order valence-electron chi connectivity index (χ4n) is 3.95. The average molecular weight is 583 g/mol. The second-order valence-corrected chi connectivity index (χ2v) is 9.54. The van der Waals surface area contributed by atoms with Crippen molar-refractivity contribution in [3.63, 3.8) is 0 Å². The van der Waals surface area contributed by atoms with Gasteiger partial charge in [-0.15, -0.1) is 0 Å². The van der Waals surface area contributed by atoms with Gasteiger partial charge in [-0.1, -0.05) is 66.7 Å². The number of nitrogens with one attached hydrogen (secondary N) is 1. The predicted octanol–water partition coefficient (Wildman–Crippen LogP) is 6.27. The summed E-state index contributed by atoms with van der Waals surface area (Å²) in [7, 11) is 0. The van der Waals surface area contributed by atoms with Crippen LogP contribution in [0.15, 0.2) is 113 Å². The highest BCUT2D eigenvalue weighted by atomic mass is 79.9. The summed E-state index contributed by atoms with van der Waals surface area (Å²) in [5, 5.41) is 2.25. The summed E-state index contributed by atoms with van der Waals surface area (Å²) in [5.74, 6) is -0.280. The lowest BCUT2D eigenvalue weighted by Crippen LogP contribution is -2.54. The smallest absolute Gasteiger partial charge is 0.335 e. The normalized spacial score (nSPS) is 14.3. The number of nitrogens with zero attached hydrogens (tertiary/aromatic N) is 1. The van der Waals surface area contributed by atoms with E-state index < -0.39 is 17.8 Å². The number of urea groups is 1. The highest BCUT2D eigenvalue weighted by molar-refractivity contribution is 9.10. The molecule has 0 saturated carbocycles. The molecule has 1 aliphatic heterocycles. The second-order valence-electron chi connectivity index (χ2n) is 8.69. The van der Waals surface area contributed by atoms with E-state index in [2.05, 4.69) is 21.2 Å². The maximum atomic E-state index is 13.3. The first-order valence-corrected chi connectivity index (χ1v) is 12.9. The molecule has 4 amide bonds. The molecule has 1 fully saturated rings. The molecule has 5 rings (SSSR count). The summed E-state index contributed by atoms with van der Waals surface area (Å²) in [6.45, 7) is 0.782. The van der Waals surface area contributed by atoms with Gasteiger partial charge in [-0.3, -0.25) is 14.9 Å². The van der Waals surface area contributed by atoms with E-state index in [0.29, 0.717) is 40.4 Å². The Morgan fingerprint density at radius 1 is 0.744 bits per heavy atom. The van der Waals surface area contributed by atoms with E-state index in [9.17, 15) is 14.4 Å². The zero-order chi connectivity index (χ0) is 27.2. The maximum Gasteiger partial charge on any atom is 0.335 e. The lowest BCUT2D eigenvalue weighted by molar-refractivity contribution is -0.122. The highest BCUT2D eigenvalue weighted by Gasteiger charge is 2.36. The molecule has 0 spiro atoms. The number of carbonyl (C=O) groups excluding carboxylic acids is 3. The average Bonchev–Trinajstić information content (AvgIpc) is 2.95. The van der Waals surface area contributed by atoms with Crippen molar-refractivity contribution in [1.29, 1.82) is 0 Å². The molecule has 7 nitrogen and oxygen atoms in total. The molecule has 39 heavy (non-hydrogen) atoms. The molecule has 0 unspecified atom stereocenters. The van der Waals surface area contributed by atoms with Gasteiger partial charge in [-0.2, -0.15) is 0 Å². The van der Waals surface area contributed by atoms with Crippen molar-refractivity contribution in [2.24, 2.45) is 0 Å². The second kappa shape index (κ2) is 11.8. The minimum absolute atomic E-state index is 0.163. The minimum Gasteiger partial charge on any atom is -0.489 e. The molecule has 0 radical (unpaired) electrons. The summed E-state index contributed by atoms with van der Waals surface area (Å²) in [6, 6.07) is 30.4. The Labute approximate surface area is 233 Å².